The van der Waals surface area contributed by atoms with E-state index >= 15 is 0 Å². The molecule has 1 heterocycles. The van der Waals surface area contributed by atoms with Crippen molar-refractivity contribution in [1.29, 1.82) is 0 Å². The highest BCUT2D eigenvalue weighted by Gasteiger charge is 2.39. The minimum atomic E-state index is -4.67. The average molecular weight is 434 g/mol. The molecule has 11 heteroatoms. The molecule has 0 spiro atoms. The SMILES string of the molecule is COc1ccc(S(=O)(=O)C[C@H](C)C(F)(F)F)cc1C(=O)Nc1ccc(F)c(C)n1. The molecular weight excluding hydrogens is 416 g/mol. The third-order valence-corrected chi connectivity index (χ3v) is 5.98. The molecule has 29 heavy (non-hydrogen) atoms. The van der Waals surface area contributed by atoms with Crippen LogP contribution in [0.2, 0.25) is 0 Å². The molecule has 0 radical (unpaired) electrons. The van der Waals surface area contributed by atoms with Crippen LogP contribution in [-0.4, -0.2) is 38.3 Å². The minimum Gasteiger partial charge on any atom is -0.496 e. The highest BCUT2D eigenvalue weighted by Crippen LogP contribution is 2.30. The molecule has 0 bridgehead atoms. The van der Waals surface area contributed by atoms with Crippen LogP contribution in [0.25, 0.3) is 0 Å². The standard InChI is InChI=1S/C18H18F4N2O4S/c1-10(18(20,21)22)9-29(26,27)12-4-6-15(28-3)13(8-12)17(25)24-16-7-5-14(19)11(2)23-16/h4-8,10H,9H2,1-3H3,(H,23,24,25)/t10-/m0/s1. The Labute approximate surface area is 164 Å². The number of pyridine rings is 1. The van der Waals surface area contributed by atoms with Crippen molar-refractivity contribution < 1.29 is 35.5 Å². The fourth-order valence-corrected chi connectivity index (χ4v) is 3.99. The Kier molecular flexibility index (Phi) is 6.51. The van der Waals surface area contributed by atoms with Gasteiger partial charge in [0.25, 0.3) is 5.91 Å². The van der Waals surface area contributed by atoms with E-state index in [1.807, 2.05) is 0 Å². The number of nitrogens with zero attached hydrogens (tertiary/aromatic N) is 1. The highest BCUT2D eigenvalue weighted by molar-refractivity contribution is 7.91. The number of amides is 1. The zero-order valence-electron chi connectivity index (χ0n) is 15.7. The van der Waals surface area contributed by atoms with Gasteiger partial charge in [-0.2, -0.15) is 13.2 Å². The van der Waals surface area contributed by atoms with Gasteiger partial charge in [-0.3, -0.25) is 4.79 Å². The van der Waals surface area contributed by atoms with Crippen LogP contribution in [0.1, 0.15) is 23.0 Å². The lowest BCUT2D eigenvalue weighted by atomic mass is 10.2. The second-order valence-electron chi connectivity index (χ2n) is 6.30. The van der Waals surface area contributed by atoms with Crippen molar-refractivity contribution in [2.75, 3.05) is 18.2 Å². The number of alkyl halides is 3. The zero-order chi connectivity index (χ0) is 22.0. The maximum Gasteiger partial charge on any atom is 0.392 e. The Hall–Kier alpha value is -2.69. The molecule has 2 rings (SSSR count). The number of hydrogen-bond acceptors (Lipinski definition) is 5. The predicted octanol–water partition coefficient (Wildman–Crippen LogP) is 3.76. The molecule has 2 aromatic rings. The van der Waals surface area contributed by atoms with Gasteiger partial charge in [-0.1, -0.05) is 6.92 Å². The summed E-state index contributed by atoms with van der Waals surface area (Å²) in [6.07, 6.45) is -4.67. The third kappa shape index (κ3) is 5.43. The molecule has 1 aromatic heterocycles. The second-order valence-corrected chi connectivity index (χ2v) is 8.34. The van der Waals surface area contributed by atoms with Crippen LogP contribution in [-0.2, 0) is 9.84 Å². The number of anilines is 1. The Morgan fingerprint density at radius 1 is 1.24 bits per heavy atom. The quantitative estimate of drug-likeness (QED) is 0.700. The largest absolute Gasteiger partial charge is 0.496 e. The van der Waals surface area contributed by atoms with Crippen LogP contribution in [0.5, 0.6) is 5.75 Å². The van der Waals surface area contributed by atoms with E-state index in [0.29, 0.717) is 0 Å². The van der Waals surface area contributed by atoms with Crippen molar-refractivity contribution in [1.82, 2.24) is 4.98 Å². The summed E-state index contributed by atoms with van der Waals surface area (Å²) < 4.78 is 81.3. The van der Waals surface area contributed by atoms with Crippen LogP contribution >= 0.6 is 0 Å². The number of sulfone groups is 1. The summed E-state index contributed by atoms with van der Waals surface area (Å²) in [5.41, 5.74) is -0.191. The zero-order valence-corrected chi connectivity index (χ0v) is 16.5. The maximum atomic E-state index is 13.3. The minimum absolute atomic E-state index is 0.00385. The van der Waals surface area contributed by atoms with Crippen molar-refractivity contribution in [3.8, 4) is 5.75 Å². The van der Waals surface area contributed by atoms with Gasteiger partial charge in [-0.15, -0.1) is 0 Å². The summed E-state index contributed by atoms with van der Waals surface area (Å²) in [6, 6.07) is 5.47. The lowest BCUT2D eigenvalue weighted by molar-refractivity contribution is -0.163. The lowest BCUT2D eigenvalue weighted by Gasteiger charge is -2.16. The molecule has 0 aliphatic heterocycles. The number of ether oxygens (including phenoxy) is 1. The van der Waals surface area contributed by atoms with Crippen molar-refractivity contribution in [3.63, 3.8) is 0 Å². The number of halogens is 4. The molecule has 1 atom stereocenters. The molecule has 0 aliphatic rings. The van der Waals surface area contributed by atoms with Crippen LogP contribution in [0.15, 0.2) is 35.2 Å². The summed E-state index contributed by atoms with van der Waals surface area (Å²) in [7, 11) is -3.09. The molecule has 0 fully saturated rings. The molecule has 6 nitrogen and oxygen atoms in total. The van der Waals surface area contributed by atoms with Crippen LogP contribution in [0, 0.1) is 18.7 Å². The van der Waals surface area contributed by atoms with E-state index in [2.05, 4.69) is 10.3 Å². The van der Waals surface area contributed by atoms with E-state index in [-0.39, 0.29) is 22.8 Å². The monoisotopic (exact) mass is 434 g/mol. The molecule has 0 saturated carbocycles. The first-order chi connectivity index (χ1) is 13.3. The first-order valence-corrected chi connectivity index (χ1v) is 9.92. The Morgan fingerprint density at radius 2 is 1.90 bits per heavy atom. The molecule has 1 amide bonds. The van der Waals surface area contributed by atoms with Gasteiger partial charge in [0.1, 0.15) is 17.4 Å². The fourth-order valence-electron chi connectivity index (χ4n) is 2.38. The molecule has 0 aliphatic carbocycles. The van der Waals surface area contributed by atoms with E-state index < -0.39 is 44.3 Å². The molecule has 1 aromatic carbocycles. The number of methoxy groups -OCH3 is 1. The summed E-state index contributed by atoms with van der Waals surface area (Å²) >= 11 is 0. The van der Waals surface area contributed by atoms with Gasteiger partial charge in [0.15, 0.2) is 9.84 Å². The second kappa shape index (κ2) is 8.36. The number of nitrogens with one attached hydrogen (secondary N) is 1. The molecule has 0 saturated heterocycles. The summed E-state index contributed by atoms with van der Waals surface area (Å²) in [5.74, 6) is -4.63. The Morgan fingerprint density at radius 3 is 2.45 bits per heavy atom. The van der Waals surface area contributed by atoms with Crippen molar-refractivity contribution in [3.05, 3.63) is 47.4 Å². The van der Waals surface area contributed by atoms with E-state index in [1.54, 1.807) is 0 Å². The van der Waals surface area contributed by atoms with Gasteiger partial charge in [-0.05, 0) is 37.3 Å². The third-order valence-electron chi connectivity index (χ3n) is 4.07. The summed E-state index contributed by atoms with van der Waals surface area (Å²) in [5, 5.41) is 2.37. The molecular formula is C18H18F4N2O4S. The fraction of sp³-hybridized carbons (Fsp3) is 0.333. The lowest BCUT2D eigenvalue weighted by Crippen LogP contribution is -2.27. The van der Waals surface area contributed by atoms with Gasteiger partial charge in [0.2, 0.25) is 0 Å². The van der Waals surface area contributed by atoms with Gasteiger partial charge in [0.05, 0.1) is 34.9 Å². The van der Waals surface area contributed by atoms with Gasteiger partial charge in [0, 0.05) is 0 Å². The highest BCUT2D eigenvalue weighted by atomic mass is 32.2. The van der Waals surface area contributed by atoms with Gasteiger partial charge >= 0.3 is 6.18 Å². The van der Waals surface area contributed by atoms with E-state index in [1.165, 1.54) is 26.2 Å². The molecule has 0 unspecified atom stereocenters. The van der Waals surface area contributed by atoms with Crippen molar-refractivity contribution in [2.24, 2.45) is 5.92 Å². The number of carbonyl (C=O) groups excluding carboxylic acids is 1. The molecule has 158 valence electrons. The number of benzene rings is 1. The maximum absolute atomic E-state index is 13.3. The summed E-state index contributed by atoms with van der Waals surface area (Å²) in [4.78, 5) is 15.9. The Balaban J connectivity index is 2.37. The van der Waals surface area contributed by atoms with E-state index in [9.17, 15) is 30.8 Å². The van der Waals surface area contributed by atoms with Crippen LogP contribution < -0.4 is 10.1 Å². The van der Waals surface area contributed by atoms with Gasteiger partial charge < -0.3 is 10.1 Å². The van der Waals surface area contributed by atoms with Crippen LogP contribution in [0.4, 0.5) is 23.4 Å². The first kappa shape index (κ1) is 22.6. The smallest absolute Gasteiger partial charge is 0.392 e. The van der Waals surface area contributed by atoms with E-state index in [4.69, 9.17) is 4.74 Å². The predicted molar refractivity (Wildman–Crippen MR) is 97.2 cm³/mol. The number of hydrogen-bond donors (Lipinski definition) is 1. The summed E-state index contributed by atoms with van der Waals surface area (Å²) in [6.45, 7) is 2.15. The number of aryl methyl sites for hydroxylation is 1. The first-order valence-electron chi connectivity index (χ1n) is 8.27. The normalized spacial score (nSPS) is 13.1. The Bertz CT molecular complexity index is 1020. The number of aromatic nitrogens is 1. The number of carbonyl (C=O) groups is 1. The molecule has 1 N–H and O–H groups in total. The van der Waals surface area contributed by atoms with Gasteiger partial charge in [-0.25, -0.2) is 17.8 Å². The van der Waals surface area contributed by atoms with E-state index in [0.717, 1.165) is 25.1 Å². The average Bonchev–Trinajstić information content (AvgIpc) is 2.63. The number of rotatable bonds is 6. The van der Waals surface area contributed by atoms with Crippen LogP contribution in [0.3, 0.4) is 0 Å². The topological polar surface area (TPSA) is 85.4 Å². The van der Waals surface area contributed by atoms with Crippen molar-refractivity contribution >= 4 is 21.6 Å². The van der Waals surface area contributed by atoms with Crippen molar-refractivity contribution in [2.45, 2.75) is 24.9 Å².